The van der Waals surface area contributed by atoms with Crippen LogP contribution in [0.25, 0.3) is 0 Å². The van der Waals surface area contributed by atoms with Crippen LogP contribution in [0.3, 0.4) is 0 Å². The largest absolute Gasteiger partial charge is 0.481 e. The summed E-state index contributed by atoms with van der Waals surface area (Å²) in [6, 6.07) is 0.386. The van der Waals surface area contributed by atoms with Crippen molar-refractivity contribution < 1.29 is 14.7 Å². The standard InChI is InChI=1S/C26H43NO3/c1-16(5-10-24(29)30)21-8-9-22-20-7-6-18-15-19(27-17(2)28)11-13-25(18,3)23(20)12-14-26(21,22)4/h16,18-23H,5-15H2,1-4H3,(H,27,28)(H,29,30)/t16-,18-,19+,20+,21-,22+,23+,25+,26-/m1/s1. The number of rotatable bonds is 5. The van der Waals surface area contributed by atoms with Crippen molar-refractivity contribution in [2.24, 2.45) is 46.3 Å². The molecular weight excluding hydrogens is 374 g/mol. The van der Waals surface area contributed by atoms with Gasteiger partial charge in [0.2, 0.25) is 5.91 Å². The number of aliphatic carboxylic acids is 1. The molecule has 0 bridgehead atoms. The first kappa shape index (κ1) is 22.1. The van der Waals surface area contributed by atoms with E-state index in [9.17, 15) is 9.59 Å². The predicted molar refractivity (Wildman–Crippen MR) is 119 cm³/mol. The summed E-state index contributed by atoms with van der Waals surface area (Å²) in [5, 5.41) is 12.3. The van der Waals surface area contributed by atoms with E-state index in [0.717, 1.165) is 36.5 Å². The summed E-state index contributed by atoms with van der Waals surface area (Å²) in [7, 11) is 0. The van der Waals surface area contributed by atoms with Gasteiger partial charge in [-0.1, -0.05) is 20.8 Å². The molecule has 4 heteroatoms. The molecule has 0 spiro atoms. The third-order valence-electron chi connectivity index (χ3n) is 10.6. The maximum atomic E-state index is 11.6. The van der Waals surface area contributed by atoms with Crippen LogP contribution in [0.1, 0.15) is 98.3 Å². The quantitative estimate of drug-likeness (QED) is 0.607. The van der Waals surface area contributed by atoms with Crippen LogP contribution in [0, 0.1) is 46.3 Å². The topological polar surface area (TPSA) is 66.4 Å². The van der Waals surface area contributed by atoms with Crippen LogP contribution in [0.5, 0.6) is 0 Å². The van der Waals surface area contributed by atoms with Gasteiger partial charge in [0, 0.05) is 19.4 Å². The lowest BCUT2D eigenvalue weighted by molar-refractivity contribution is -0.137. The van der Waals surface area contributed by atoms with Crippen molar-refractivity contribution in [2.45, 2.75) is 104 Å². The summed E-state index contributed by atoms with van der Waals surface area (Å²) in [5.74, 6) is 4.00. The van der Waals surface area contributed by atoms with E-state index in [-0.39, 0.29) is 5.91 Å². The zero-order chi connectivity index (χ0) is 21.7. The van der Waals surface area contributed by atoms with Gasteiger partial charge < -0.3 is 10.4 Å². The van der Waals surface area contributed by atoms with E-state index in [1.807, 2.05) is 0 Å². The molecular formula is C26H43NO3. The molecule has 4 nitrogen and oxygen atoms in total. The molecule has 0 aromatic carbocycles. The Labute approximate surface area is 183 Å². The molecule has 170 valence electrons. The summed E-state index contributed by atoms with van der Waals surface area (Å²) >= 11 is 0. The van der Waals surface area contributed by atoms with Gasteiger partial charge >= 0.3 is 5.97 Å². The molecule has 0 heterocycles. The van der Waals surface area contributed by atoms with E-state index in [4.69, 9.17) is 5.11 Å². The maximum Gasteiger partial charge on any atom is 0.303 e. The minimum atomic E-state index is -0.647. The number of hydrogen-bond donors (Lipinski definition) is 2. The van der Waals surface area contributed by atoms with Crippen LogP contribution >= 0.6 is 0 Å². The lowest BCUT2D eigenvalue weighted by atomic mass is 9.44. The van der Waals surface area contributed by atoms with Crippen molar-refractivity contribution in [3.63, 3.8) is 0 Å². The Morgan fingerprint density at radius 1 is 1.00 bits per heavy atom. The van der Waals surface area contributed by atoms with Crippen LogP contribution < -0.4 is 5.32 Å². The van der Waals surface area contributed by atoms with Crippen LogP contribution in [0.15, 0.2) is 0 Å². The molecule has 0 aromatic heterocycles. The average Bonchev–Trinajstić information content (AvgIpc) is 3.03. The highest BCUT2D eigenvalue weighted by atomic mass is 16.4. The number of hydrogen-bond acceptors (Lipinski definition) is 2. The van der Waals surface area contributed by atoms with Gasteiger partial charge in [0.1, 0.15) is 0 Å². The summed E-state index contributed by atoms with van der Waals surface area (Å²) in [4.78, 5) is 22.7. The fourth-order valence-corrected chi connectivity index (χ4v) is 9.20. The van der Waals surface area contributed by atoms with Gasteiger partial charge in [0.15, 0.2) is 0 Å². The van der Waals surface area contributed by atoms with Crippen molar-refractivity contribution in [3.05, 3.63) is 0 Å². The van der Waals surface area contributed by atoms with E-state index in [1.165, 1.54) is 51.4 Å². The second-order valence-electron chi connectivity index (χ2n) is 12.0. The fourth-order valence-electron chi connectivity index (χ4n) is 9.20. The van der Waals surface area contributed by atoms with Gasteiger partial charge in [-0.25, -0.2) is 0 Å². The molecule has 4 saturated carbocycles. The minimum Gasteiger partial charge on any atom is -0.481 e. The highest BCUT2D eigenvalue weighted by Gasteiger charge is 2.60. The number of carbonyl (C=O) groups is 2. The van der Waals surface area contributed by atoms with Crippen molar-refractivity contribution in [1.29, 1.82) is 0 Å². The molecule has 4 rings (SSSR count). The van der Waals surface area contributed by atoms with E-state index >= 15 is 0 Å². The molecule has 0 aromatic rings. The molecule has 1 amide bonds. The highest BCUT2D eigenvalue weighted by Crippen LogP contribution is 2.68. The molecule has 9 atom stereocenters. The molecule has 30 heavy (non-hydrogen) atoms. The molecule has 0 aliphatic heterocycles. The lowest BCUT2D eigenvalue weighted by Gasteiger charge is -2.61. The summed E-state index contributed by atoms with van der Waals surface area (Å²) in [6.07, 6.45) is 12.8. The second-order valence-corrected chi connectivity index (χ2v) is 12.0. The summed E-state index contributed by atoms with van der Waals surface area (Å²) < 4.78 is 0. The van der Waals surface area contributed by atoms with Gasteiger partial charge in [-0.15, -0.1) is 0 Å². The Morgan fingerprint density at radius 3 is 2.40 bits per heavy atom. The maximum absolute atomic E-state index is 11.6. The number of carboxylic acid groups (broad SMARTS) is 1. The SMILES string of the molecule is CC(=O)N[C@H]1CC[C@@]2(C)[C@H](CC[C@@H]3[C@@H]2CC[C@]2(C)[C@@H]([C@H](C)CCC(=O)O)CC[C@@H]32)C1. The molecule has 4 aliphatic carbocycles. The Morgan fingerprint density at radius 2 is 1.70 bits per heavy atom. The van der Waals surface area contributed by atoms with Crippen LogP contribution in [0.2, 0.25) is 0 Å². The third-order valence-corrected chi connectivity index (χ3v) is 10.6. The first-order chi connectivity index (χ1) is 14.1. The van der Waals surface area contributed by atoms with Crippen molar-refractivity contribution >= 4 is 11.9 Å². The lowest BCUT2D eigenvalue weighted by Crippen LogP contribution is -2.55. The first-order valence-electron chi connectivity index (χ1n) is 12.6. The van der Waals surface area contributed by atoms with Crippen LogP contribution in [-0.4, -0.2) is 23.0 Å². The number of nitrogens with one attached hydrogen (secondary N) is 1. The van der Waals surface area contributed by atoms with Crippen molar-refractivity contribution in [3.8, 4) is 0 Å². The number of carbonyl (C=O) groups excluding carboxylic acids is 1. The molecule has 2 N–H and O–H groups in total. The smallest absolute Gasteiger partial charge is 0.303 e. The van der Waals surface area contributed by atoms with Crippen LogP contribution in [-0.2, 0) is 9.59 Å². The zero-order valence-electron chi connectivity index (χ0n) is 19.6. The van der Waals surface area contributed by atoms with E-state index in [0.29, 0.717) is 35.1 Å². The molecule has 0 radical (unpaired) electrons. The molecule has 0 saturated heterocycles. The van der Waals surface area contributed by atoms with Gasteiger partial charge in [-0.3, -0.25) is 9.59 Å². The van der Waals surface area contributed by atoms with Crippen LogP contribution in [0.4, 0.5) is 0 Å². The van der Waals surface area contributed by atoms with Gasteiger partial charge in [0.05, 0.1) is 0 Å². The van der Waals surface area contributed by atoms with Gasteiger partial charge in [-0.2, -0.15) is 0 Å². The Hall–Kier alpha value is -1.06. The molecule has 4 aliphatic rings. The fraction of sp³-hybridized carbons (Fsp3) is 0.923. The predicted octanol–water partition coefficient (Wildman–Crippen LogP) is 5.65. The Balaban J connectivity index is 1.47. The number of fused-ring (bicyclic) bond motifs is 5. The first-order valence-corrected chi connectivity index (χ1v) is 12.6. The third kappa shape index (κ3) is 3.71. The number of carboxylic acids is 1. The zero-order valence-corrected chi connectivity index (χ0v) is 19.6. The Kier molecular flexibility index (Phi) is 6.00. The van der Waals surface area contributed by atoms with E-state index < -0.39 is 5.97 Å². The monoisotopic (exact) mass is 417 g/mol. The molecule has 0 unspecified atom stereocenters. The van der Waals surface area contributed by atoms with Gasteiger partial charge in [0.25, 0.3) is 0 Å². The van der Waals surface area contributed by atoms with Gasteiger partial charge in [-0.05, 0) is 111 Å². The summed E-state index contributed by atoms with van der Waals surface area (Å²) in [5.41, 5.74) is 0.863. The highest BCUT2D eigenvalue weighted by molar-refractivity contribution is 5.73. The second kappa shape index (κ2) is 8.13. The minimum absolute atomic E-state index is 0.125. The number of amides is 1. The van der Waals surface area contributed by atoms with E-state index in [1.54, 1.807) is 6.92 Å². The van der Waals surface area contributed by atoms with E-state index in [2.05, 4.69) is 26.1 Å². The van der Waals surface area contributed by atoms with Crippen molar-refractivity contribution in [1.82, 2.24) is 5.32 Å². The van der Waals surface area contributed by atoms with Crippen molar-refractivity contribution in [2.75, 3.05) is 0 Å². The normalized spacial score (nSPS) is 46.3. The Bertz CT molecular complexity index is 677. The average molecular weight is 418 g/mol. The molecule has 4 fully saturated rings. The summed E-state index contributed by atoms with van der Waals surface area (Å²) in [6.45, 7) is 9.11.